The molecule has 5 nitrogen and oxygen atoms in total. The average molecular weight is 586 g/mol. The molecule has 2 aromatic rings. The summed E-state index contributed by atoms with van der Waals surface area (Å²) in [6, 6.07) is 7.50. The molecule has 0 aromatic heterocycles. The first-order valence-corrected chi connectivity index (χ1v) is 12.4. The van der Waals surface area contributed by atoms with E-state index in [4.69, 9.17) is 9.84 Å². The molecule has 0 aliphatic rings. The molecule has 0 aliphatic heterocycles. The number of halogens is 2. The van der Waals surface area contributed by atoms with Crippen LogP contribution in [0.15, 0.2) is 33.2 Å². The van der Waals surface area contributed by atoms with E-state index in [2.05, 4.69) is 31.9 Å². The second-order valence-electron chi connectivity index (χ2n) is 10.7. The van der Waals surface area contributed by atoms with Gasteiger partial charge in [0.15, 0.2) is 0 Å². The van der Waals surface area contributed by atoms with Crippen LogP contribution in [0.5, 0.6) is 11.5 Å². The van der Waals surface area contributed by atoms with Crippen LogP contribution in [0.1, 0.15) is 77.1 Å². The van der Waals surface area contributed by atoms with Crippen molar-refractivity contribution in [3.8, 4) is 11.5 Å². The van der Waals surface area contributed by atoms with Crippen LogP contribution in [-0.4, -0.2) is 34.5 Å². The van der Waals surface area contributed by atoms with E-state index in [0.29, 0.717) is 8.95 Å². The van der Waals surface area contributed by atoms with Crippen LogP contribution in [0.25, 0.3) is 0 Å². The number of benzene rings is 2. The lowest BCUT2D eigenvalue weighted by atomic mass is 9.70. The minimum absolute atomic E-state index is 0.00853. The largest absolute Gasteiger partial charge is 0.506 e. The van der Waals surface area contributed by atoms with Crippen molar-refractivity contribution in [2.45, 2.75) is 71.1 Å². The summed E-state index contributed by atoms with van der Waals surface area (Å²) in [6.07, 6.45) is 0.00853. The maximum absolute atomic E-state index is 12.8. The monoisotopic (exact) mass is 584 g/mol. The van der Waals surface area contributed by atoms with Gasteiger partial charge in [0.2, 0.25) is 0 Å². The van der Waals surface area contributed by atoms with Crippen LogP contribution in [0.3, 0.4) is 0 Å². The molecule has 182 valence electrons. The van der Waals surface area contributed by atoms with Gasteiger partial charge in [-0.3, -0.25) is 4.79 Å². The highest BCUT2D eigenvalue weighted by atomic mass is 79.9. The molecular weight excluding hydrogens is 552 g/mol. The lowest BCUT2D eigenvalue weighted by molar-refractivity contribution is -0.145. The summed E-state index contributed by atoms with van der Waals surface area (Å²) < 4.78 is 6.29. The van der Waals surface area contributed by atoms with Crippen LogP contribution in [0, 0.1) is 0 Å². The number of aliphatic hydroxyl groups is 1. The van der Waals surface area contributed by atoms with Crippen LogP contribution in [-0.2, 0) is 25.8 Å². The van der Waals surface area contributed by atoms with Gasteiger partial charge in [0.1, 0.15) is 18.1 Å². The number of aliphatic hydroxyl groups excluding tert-OH is 1. The van der Waals surface area contributed by atoms with Gasteiger partial charge in [-0.1, -0.05) is 60.6 Å². The number of phenols is 2. The Balaban J connectivity index is 2.84. The van der Waals surface area contributed by atoms with Crippen molar-refractivity contribution < 1.29 is 24.9 Å². The van der Waals surface area contributed by atoms with E-state index in [0.717, 1.165) is 22.3 Å². The fourth-order valence-electron chi connectivity index (χ4n) is 3.85. The van der Waals surface area contributed by atoms with Crippen LogP contribution in [0.4, 0.5) is 0 Å². The van der Waals surface area contributed by atoms with Crippen molar-refractivity contribution in [2.24, 2.45) is 0 Å². The predicted molar refractivity (Wildman–Crippen MR) is 138 cm³/mol. The smallest absolute Gasteiger partial charge is 0.307 e. The standard InChI is InChI=1S/C26H34Br2O5/c1-24(2,3)17-10-15(12-19(27)22(17)31)26(7,14-21(30)33-9-8-29)16-11-18(25(4,5)6)23(32)20(28)13-16/h10-13,29,31-32H,8-9,14H2,1-7H3. The van der Waals surface area contributed by atoms with E-state index in [1.54, 1.807) is 0 Å². The number of hydrogen-bond donors (Lipinski definition) is 3. The molecule has 0 heterocycles. The molecule has 2 rings (SSSR count). The number of carbonyl (C=O) groups excluding carboxylic acids is 1. The van der Waals surface area contributed by atoms with Gasteiger partial charge < -0.3 is 20.1 Å². The van der Waals surface area contributed by atoms with Crippen LogP contribution in [0.2, 0.25) is 0 Å². The van der Waals surface area contributed by atoms with Crippen LogP contribution >= 0.6 is 31.9 Å². The third-order valence-corrected chi connectivity index (χ3v) is 7.08. The second-order valence-corrected chi connectivity index (χ2v) is 12.4. The fraction of sp³-hybridized carbons (Fsp3) is 0.500. The molecule has 2 aromatic carbocycles. The normalized spacial score (nSPS) is 12.7. The van der Waals surface area contributed by atoms with Crippen molar-refractivity contribution >= 4 is 37.8 Å². The summed E-state index contributed by atoms with van der Waals surface area (Å²) in [7, 11) is 0. The number of ether oxygens (including phenoxy) is 1. The van der Waals surface area contributed by atoms with E-state index in [1.165, 1.54) is 0 Å². The Labute approximate surface area is 213 Å². The van der Waals surface area contributed by atoms with E-state index in [9.17, 15) is 15.0 Å². The van der Waals surface area contributed by atoms with Gasteiger partial charge in [-0.05, 0) is 65.9 Å². The summed E-state index contributed by atoms with van der Waals surface area (Å²) in [5.74, 6) is -0.119. The maximum atomic E-state index is 12.8. The van der Waals surface area contributed by atoms with E-state index < -0.39 is 11.4 Å². The van der Waals surface area contributed by atoms with Gasteiger partial charge in [0, 0.05) is 16.5 Å². The van der Waals surface area contributed by atoms with Crippen molar-refractivity contribution in [1.82, 2.24) is 0 Å². The number of esters is 1. The van der Waals surface area contributed by atoms with Crippen molar-refractivity contribution in [3.63, 3.8) is 0 Å². The Morgan fingerprint density at radius 1 is 0.818 bits per heavy atom. The third-order valence-electron chi connectivity index (χ3n) is 5.87. The Bertz CT molecular complexity index is 963. The highest BCUT2D eigenvalue weighted by Crippen LogP contribution is 2.46. The molecule has 3 N–H and O–H groups in total. The zero-order valence-electron chi connectivity index (χ0n) is 20.3. The molecule has 7 heteroatoms. The van der Waals surface area contributed by atoms with Gasteiger partial charge in [-0.15, -0.1) is 0 Å². The van der Waals surface area contributed by atoms with Crippen molar-refractivity contribution in [2.75, 3.05) is 13.2 Å². The van der Waals surface area contributed by atoms with Gasteiger partial charge in [-0.2, -0.15) is 0 Å². The topological polar surface area (TPSA) is 87.0 Å². The van der Waals surface area contributed by atoms with E-state index in [-0.39, 0.29) is 42.0 Å². The minimum atomic E-state index is -0.848. The molecule has 0 spiro atoms. The van der Waals surface area contributed by atoms with Gasteiger partial charge in [-0.25, -0.2) is 0 Å². The van der Waals surface area contributed by atoms with Gasteiger partial charge >= 0.3 is 5.97 Å². The molecule has 0 bridgehead atoms. The Morgan fingerprint density at radius 2 is 1.21 bits per heavy atom. The van der Waals surface area contributed by atoms with E-state index >= 15 is 0 Å². The Kier molecular flexibility index (Phi) is 8.36. The predicted octanol–water partition coefficient (Wildman–Crippen LogP) is 6.45. The van der Waals surface area contributed by atoms with E-state index in [1.807, 2.05) is 72.7 Å². The Hall–Kier alpha value is -1.57. The number of aromatic hydroxyl groups is 2. The summed E-state index contributed by atoms with van der Waals surface area (Å²) in [5.41, 5.74) is 1.59. The molecule has 0 atom stereocenters. The first-order valence-electron chi connectivity index (χ1n) is 10.9. The zero-order valence-corrected chi connectivity index (χ0v) is 23.5. The summed E-state index contributed by atoms with van der Waals surface area (Å²) in [5, 5.41) is 30.5. The van der Waals surface area contributed by atoms with Crippen molar-refractivity contribution in [3.05, 3.63) is 55.5 Å². The highest BCUT2D eigenvalue weighted by Gasteiger charge is 2.36. The molecule has 0 radical (unpaired) electrons. The first-order chi connectivity index (χ1) is 15.0. The molecule has 0 saturated carbocycles. The third kappa shape index (κ3) is 6.11. The number of phenolic OH excluding ortho intramolecular Hbond substituents is 2. The molecule has 0 amide bonds. The molecule has 0 saturated heterocycles. The molecule has 33 heavy (non-hydrogen) atoms. The van der Waals surface area contributed by atoms with Crippen LogP contribution < -0.4 is 0 Å². The quantitative estimate of drug-likeness (QED) is 0.339. The second kappa shape index (κ2) is 9.96. The summed E-state index contributed by atoms with van der Waals surface area (Å²) in [4.78, 5) is 12.8. The number of rotatable bonds is 6. The summed E-state index contributed by atoms with van der Waals surface area (Å²) in [6.45, 7) is 13.7. The molecule has 0 fully saturated rings. The lowest BCUT2D eigenvalue weighted by Crippen LogP contribution is -2.30. The Morgan fingerprint density at radius 3 is 1.55 bits per heavy atom. The molecule has 0 aliphatic carbocycles. The molecule has 0 unspecified atom stereocenters. The SMILES string of the molecule is CC(C)(C)c1cc(C(C)(CC(=O)OCCO)c2cc(Br)c(O)c(C(C)(C)C)c2)cc(Br)c1O. The molecular formula is C26H34Br2O5. The first kappa shape index (κ1) is 27.7. The van der Waals surface area contributed by atoms with Crippen molar-refractivity contribution in [1.29, 1.82) is 0 Å². The van der Waals surface area contributed by atoms with Gasteiger partial charge in [0.05, 0.1) is 22.0 Å². The lowest BCUT2D eigenvalue weighted by Gasteiger charge is -2.34. The fourth-order valence-corrected chi connectivity index (χ4v) is 4.77. The zero-order chi connectivity index (χ0) is 25.4. The average Bonchev–Trinajstić information content (AvgIpc) is 2.68. The number of carbonyl (C=O) groups is 1. The maximum Gasteiger partial charge on any atom is 0.307 e. The summed E-state index contributed by atoms with van der Waals surface area (Å²) >= 11 is 6.97. The number of hydrogen-bond acceptors (Lipinski definition) is 5. The highest BCUT2D eigenvalue weighted by molar-refractivity contribution is 9.10. The minimum Gasteiger partial charge on any atom is -0.506 e. The van der Waals surface area contributed by atoms with Gasteiger partial charge in [0.25, 0.3) is 0 Å².